The third-order valence-electron chi connectivity index (χ3n) is 4.83. The van der Waals surface area contributed by atoms with Crippen molar-refractivity contribution in [1.82, 2.24) is 20.1 Å². The Kier molecular flexibility index (Phi) is 3.34. The molecule has 118 valence electrons. The standard InChI is InChI=1S/C17H19N5O/c18-11-21-7-5-12(9-21)19-17(23)22-8-6-14-13-3-1-2-4-15(13)20-16(14)10-22/h1-4,12,20H,5-10H2,(H,19,23). The molecule has 6 nitrogen and oxygen atoms in total. The molecule has 0 spiro atoms. The topological polar surface area (TPSA) is 75.2 Å². The van der Waals surface area contributed by atoms with Gasteiger partial charge in [-0.3, -0.25) is 0 Å². The Morgan fingerprint density at radius 3 is 3.04 bits per heavy atom. The van der Waals surface area contributed by atoms with Crippen molar-refractivity contribution >= 4 is 16.9 Å². The molecule has 1 fully saturated rings. The Hall–Kier alpha value is -2.68. The highest BCUT2D eigenvalue weighted by Crippen LogP contribution is 2.27. The number of likely N-dealkylation sites (tertiary alicyclic amines) is 1. The molecule has 1 unspecified atom stereocenters. The predicted octanol–water partition coefficient (Wildman–Crippen LogP) is 1.79. The number of aromatic nitrogens is 1. The zero-order chi connectivity index (χ0) is 15.8. The molecule has 0 bridgehead atoms. The number of nitriles is 1. The van der Waals surface area contributed by atoms with Crippen molar-refractivity contribution in [2.45, 2.75) is 25.4 Å². The van der Waals surface area contributed by atoms with Crippen molar-refractivity contribution in [1.29, 1.82) is 5.26 Å². The molecule has 2 aliphatic rings. The van der Waals surface area contributed by atoms with Gasteiger partial charge in [0.1, 0.15) is 0 Å². The quantitative estimate of drug-likeness (QED) is 0.789. The maximum Gasteiger partial charge on any atom is 0.318 e. The number of carbonyl (C=O) groups is 1. The first-order valence-corrected chi connectivity index (χ1v) is 8.03. The molecule has 1 aromatic heterocycles. The Balaban J connectivity index is 1.45. The van der Waals surface area contributed by atoms with E-state index in [1.165, 1.54) is 10.9 Å². The van der Waals surface area contributed by atoms with Gasteiger partial charge in [-0.2, -0.15) is 5.26 Å². The van der Waals surface area contributed by atoms with Crippen LogP contribution in [-0.4, -0.2) is 46.5 Å². The Morgan fingerprint density at radius 2 is 2.22 bits per heavy atom. The van der Waals surface area contributed by atoms with Gasteiger partial charge in [-0.25, -0.2) is 4.79 Å². The van der Waals surface area contributed by atoms with E-state index in [-0.39, 0.29) is 12.1 Å². The summed E-state index contributed by atoms with van der Waals surface area (Å²) in [6.07, 6.45) is 3.85. The van der Waals surface area contributed by atoms with Crippen molar-refractivity contribution in [3.8, 4) is 6.19 Å². The molecule has 4 rings (SSSR count). The molecule has 2 N–H and O–H groups in total. The smallest absolute Gasteiger partial charge is 0.318 e. The molecular weight excluding hydrogens is 290 g/mol. The first-order valence-electron chi connectivity index (χ1n) is 8.03. The number of urea groups is 1. The molecule has 6 heteroatoms. The van der Waals surface area contributed by atoms with Crippen molar-refractivity contribution in [2.75, 3.05) is 19.6 Å². The third kappa shape index (κ3) is 2.48. The van der Waals surface area contributed by atoms with Crippen LogP contribution in [0.25, 0.3) is 10.9 Å². The van der Waals surface area contributed by atoms with E-state index in [1.54, 1.807) is 4.90 Å². The van der Waals surface area contributed by atoms with Gasteiger partial charge in [0.15, 0.2) is 6.19 Å². The van der Waals surface area contributed by atoms with Crippen LogP contribution in [0.15, 0.2) is 24.3 Å². The number of H-pyrrole nitrogens is 1. The lowest BCUT2D eigenvalue weighted by molar-refractivity contribution is 0.188. The first kappa shape index (κ1) is 13.9. The summed E-state index contributed by atoms with van der Waals surface area (Å²) in [5.74, 6) is 0. The normalized spacial score (nSPS) is 20.4. The molecule has 0 aliphatic carbocycles. The maximum atomic E-state index is 12.5. The summed E-state index contributed by atoms with van der Waals surface area (Å²) in [6, 6.07) is 8.33. The van der Waals surface area contributed by atoms with E-state index in [0.717, 1.165) is 37.1 Å². The largest absolute Gasteiger partial charge is 0.357 e. The van der Waals surface area contributed by atoms with Gasteiger partial charge in [0, 0.05) is 36.2 Å². The van der Waals surface area contributed by atoms with E-state index in [2.05, 4.69) is 34.7 Å². The molecular formula is C17H19N5O. The molecule has 3 heterocycles. The molecule has 0 radical (unpaired) electrons. The number of rotatable bonds is 1. The fraction of sp³-hybridized carbons (Fsp3) is 0.412. The Labute approximate surface area is 134 Å². The van der Waals surface area contributed by atoms with E-state index in [1.807, 2.05) is 11.0 Å². The van der Waals surface area contributed by atoms with E-state index in [9.17, 15) is 4.79 Å². The minimum atomic E-state index is -0.0286. The van der Waals surface area contributed by atoms with Gasteiger partial charge in [-0.05, 0) is 24.5 Å². The van der Waals surface area contributed by atoms with Crippen LogP contribution in [0.4, 0.5) is 4.79 Å². The number of carbonyl (C=O) groups excluding carboxylic acids is 1. The van der Waals surface area contributed by atoms with E-state index >= 15 is 0 Å². The fourth-order valence-corrected chi connectivity index (χ4v) is 3.60. The molecule has 2 amide bonds. The molecule has 2 aromatic rings. The van der Waals surface area contributed by atoms with Crippen molar-refractivity contribution in [2.24, 2.45) is 0 Å². The van der Waals surface area contributed by atoms with E-state index in [0.29, 0.717) is 13.1 Å². The van der Waals surface area contributed by atoms with Crippen LogP contribution in [0.5, 0.6) is 0 Å². The van der Waals surface area contributed by atoms with Crippen LogP contribution < -0.4 is 5.32 Å². The van der Waals surface area contributed by atoms with Crippen LogP contribution in [0.1, 0.15) is 17.7 Å². The second kappa shape index (κ2) is 5.51. The number of fused-ring (bicyclic) bond motifs is 3. The highest BCUT2D eigenvalue weighted by molar-refractivity contribution is 5.85. The van der Waals surface area contributed by atoms with Crippen molar-refractivity contribution in [3.05, 3.63) is 35.5 Å². The predicted molar refractivity (Wildman–Crippen MR) is 86.5 cm³/mol. The first-order chi connectivity index (χ1) is 11.2. The number of hydrogen-bond donors (Lipinski definition) is 2. The molecule has 1 atom stereocenters. The summed E-state index contributed by atoms with van der Waals surface area (Å²) in [5, 5.41) is 13.2. The van der Waals surface area contributed by atoms with Gasteiger partial charge < -0.3 is 20.1 Å². The highest BCUT2D eigenvalue weighted by atomic mass is 16.2. The number of amides is 2. The second-order valence-corrected chi connectivity index (χ2v) is 6.28. The van der Waals surface area contributed by atoms with Gasteiger partial charge in [0.2, 0.25) is 0 Å². The number of nitrogens with one attached hydrogen (secondary N) is 2. The van der Waals surface area contributed by atoms with Crippen LogP contribution >= 0.6 is 0 Å². The Bertz CT molecular complexity index is 790. The van der Waals surface area contributed by atoms with Gasteiger partial charge in [-0.1, -0.05) is 18.2 Å². The highest BCUT2D eigenvalue weighted by Gasteiger charge is 2.28. The zero-order valence-electron chi connectivity index (χ0n) is 12.9. The average Bonchev–Trinajstić information content (AvgIpc) is 3.17. The lowest BCUT2D eigenvalue weighted by Gasteiger charge is -2.28. The summed E-state index contributed by atoms with van der Waals surface area (Å²) in [6.45, 7) is 2.70. The second-order valence-electron chi connectivity index (χ2n) is 6.28. The number of aromatic amines is 1. The van der Waals surface area contributed by atoms with E-state index < -0.39 is 0 Å². The minimum Gasteiger partial charge on any atom is -0.357 e. The van der Waals surface area contributed by atoms with Crippen LogP contribution in [0.3, 0.4) is 0 Å². The summed E-state index contributed by atoms with van der Waals surface area (Å²) in [4.78, 5) is 19.5. The van der Waals surface area contributed by atoms with Gasteiger partial charge in [0.25, 0.3) is 0 Å². The van der Waals surface area contributed by atoms with Gasteiger partial charge in [-0.15, -0.1) is 0 Å². The minimum absolute atomic E-state index is 0.0286. The maximum absolute atomic E-state index is 12.5. The average molecular weight is 309 g/mol. The van der Waals surface area contributed by atoms with Crippen LogP contribution in [-0.2, 0) is 13.0 Å². The van der Waals surface area contributed by atoms with Crippen molar-refractivity contribution in [3.63, 3.8) is 0 Å². The molecule has 2 aliphatic heterocycles. The third-order valence-corrected chi connectivity index (χ3v) is 4.83. The van der Waals surface area contributed by atoms with E-state index in [4.69, 9.17) is 5.26 Å². The summed E-state index contributed by atoms with van der Waals surface area (Å²) < 4.78 is 0. The van der Waals surface area contributed by atoms with Crippen LogP contribution in [0.2, 0.25) is 0 Å². The summed E-state index contributed by atoms with van der Waals surface area (Å²) in [7, 11) is 0. The SMILES string of the molecule is N#CN1CCC(NC(=O)N2CCc3c([nH]c4ccccc34)C2)C1. The molecule has 23 heavy (non-hydrogen) atoms. The number of benzene rings is 1. The summed E-state index contributed by atoms with van der Waals surface area (Å²) >= 11 is 0. The van der Waals surface area contributed by atoms with Crippen molar-refractivity contribution < 1.29 is 4.79 Å². The Morgan fingerprint density at radius 1 is 1.35 bits per heavy atom. The number of para-hydroxylation sites is 1. The number of hydrogen-bond acceptors (Lipinski definition) is 3. The molecule has 1 saturated heterocycles. The molecule has 1 aromatic carbocycles. The van der Waals surface area contributed by atoms with Gasteiger partial charge in [0.05, 0.1) is 12.6 Å². The van der Waals surface area contributed by atoms with Gasteiger partial charge >= 0.3 is 6.03 Å². The zero-order valence-corrected chi connectivity index (χ0v) is 12.9. The number of nitrogens with zero attached hydrogens (tertiary/aromatic N) is 3. The lowest BCUT2D eigenvalue weighted by Crippen LogP contribution is -2.47. The van der Waals surface area contributed by atoms with Crippen LogP contribution in [0, 0.1) is 11.5 Å². The fourth-order valence-electron chi connectivity index (χ4n) is 3.60. The molecule has 0 saturated carbocycles. The monoisotopic (exact) mass is 309 g/mol. The lowest BCUT2D eigenvalue weighted by atomic mass is 10.0. The summed E-state index contributed by atoms with van der Waals surface area (Å²) in [5.41, 5.74) is 3.61.